The summed E-state index contributed by atoms with van der Waals surface area (Å²) in [6, 6.07) is 24.2. The molecule has 1 amide bonds. The molecule has 0 saturated carbocycles. The van der Waals surface area contributed by atoms with Gasteiger partial charge in [0.15, 0.2) is 5.82 Å². The van der Waals surface area contributed by atoms with Crippen molar-refractivity contribution in [2.45, 2.75) is 32.6 Å². The largest absolute Gasteiger partial charge is 0.355 e. The molecule has 0 bridgehead atoms. The van der Waals surface area contributed by atoms with Crippen molar-refractivity contribution in [2.75, 3.05) is 29.4 Å². The van der Waals surface area contributed by atoms with E-state index < -0.39 is 0 Å². The third-order valence-corrected chi connectivity index (χ3v) is 5.96. The monoisotopic (exact) mass is 414 g/mol. The summed E-state index contributed by atoms with van der Waals surface area (Å²) < 4.78 is 0. The highest BCUT2D eigenvalue weighted by Crippen LogP contribution is 2.26. The number of piperidine rings is 1. The predicted molar refractivity (Wildman–Crippen MR) is 126 cm³/mol. The molecule has 2 heterocycles. The molecule has 5 nitrogen and oxygen atoms in total. The van der Waals surface area contributed by atoms with Crippen molar-refractivity contribution in [3.8, 4) is 11.3 Å². The quantitative estimate of drug-likeness (QED) is 0.534. The van der Waals surface area contributed by atoms with Crippen molar-refractivity contribution in [3.05, 3.63) is 72.8 Å². The molecule has 31 heavy (non-hydrogen) atoms. The summed E-state index contributed by atoms with van der Waals surface area (Å²) in [5, 5.41) is 8.87. The second-order valence-corrected chi connectivity index (χ2v) is 8.08. The van der Waals surface area contributed by atoms with Gasteiger partial charge in [0.05, 0.1) is 5.69 Å². The Balaban J connectivity index is 1.39. The van der Waals surface area contributed by atoms with Crippen LogP contribution in [0.3, 0.4) is 0 Å². The summed E-state index contributed by atoms with van der Waals surface area (Å²) >= 11 is 0. The van der Waals surface area contributed by atoms with Gasteiger partial charge in [-0.3, -0.25) is 4.79 Å². The molecule has 1 saturated heterocycles. The van der Waals surface area contributed by atoms with Crippen molar-refractivity contribution in [2.24, 2.45) is 5.92 Å². The number of carbonyl (C=O) groups is 1. The Kier molecular flexibility index (Phi) is 6.92. The minimum absolute atomic E-state index is 0.0601. The molecule has 3 aromatic rings. The number of para-hydroxylation sites is 1. The van der Waals surface area contributed by atoms with Gasteiger partial charge in [-0.15, -0.1) is 10.2 Å². The predicted octanol–water partition coefficient (Wildman–Crippen LogP) is 5.19. The molecule has 0 aliphatic carbocycles. The number of nitrogens with zero attached hydrogens (tertiary/aromatic N) is 4. The average Bonchev–Trinajstić information content (AvgIpc) is 2.85. The van der Waals surface area contributed by atoms with Gasteiger partial charge in [-0.25, -0.2) is 0 Å². The Morgan fingerprint density at radius 1 is 0.935 bits per heavy atom. The number of aromatic nitrogens is 2. The number of amides is 1. The fourth-order valence-electron chi connectivity index (χ4n) is 4.12. The van der Waals surface area contributed by atoms with Gasteiger partial charge in [0.2, 0.25) is 5.91 Å². The summed E-state index contributed by atoms with van der Waals surface area (Å²) in [5.41, 5.74) is 2.95. The van der Waals surface area contributed by atoms with E-state index in [0.29, 0.717) is 0 Å². The van der Waals surface area contributed by atoms with Gasteiger partial charge >= 0.3 is 0 Å². The highest BCUT2D eigenvalue weighted by Gasteiger charge is 2.29. The Hall–Kier alpha value is -3.21. The minimum Gasteiger partial charge on any atom is -0.355 e. The van der Waals surface area contributed by atoms with Gasteiger partial charge in [0.1, 0.15) is 0 Å². The van der Waals surface area contributed by atoms with E-state index in [4.69, 9.17) is 0 Å². The lowest BCUT2D eigenvalue weighted by Crippen LogP contribution is -2.43. The maximum absolute atomic E-state index is 13.3. The third kappa shape index (κ3) is 5.10. The lowest BCUT2D eigenvalue weighted by Gasteiger charge is -2.34. The third-order valence-electron chi connectivity index (χ3n) is 5.96. The first-order chi connectivity index (χ1) is 15.3. The van der Waals surface area contributed by atoms with Crippen molar-refractivity contribution in [1.82, 2.24) is 10.2 Å². The van der Waals surface area contributed by atoms with E-state index in [1.807, 2.05) is 77.7 Å². The van der Waals surface area contributed by atoms with Gasteiger partial charge in [-0.1, -0.05) is 61.9 Å². The first kappa shape index (κ1) is 21.0. The molecule has 0 unspecified atom stereocenters. The molecule has 0 N–H and O–H groups in total. The molecule has 1 fully saturated rings. The fourth-order valence-corrected chi connectivity index (χ4v) is 4.12. The maximum atomic E-state index is 13.3. The van der Waals surface area contributed by atoms with Crippen LogP contribution in [0, 0.1) is 5.92 Å². The summed E-state index contributed by atoms with van der Waals surface area (Å²) in [6.07, 6.45) is 3.78. The van der Waals surface area contributed by atoms with Gasteiger partial charge in [-0.05, 0) is 43.5 Å². The van der Waals surface area contributed by atoms with Gasteiger partial charge in [0, 0.05) is 36.8 Å². The van der Waals surface area contributed by atoms with Crippen LogP contribution >= 0.6 is 0 Å². The zero-order valence-corrected chi connectivity index (χ0v) is 18.2. The van der Waals surface area contributed by atoms with Crippen LogP contribution in [0.5, 0.6) is 0 Å². The van der Waals surface area contributed by atoms with E-state index in [2.05, 4.69) is 22.0 Å². The van der Waals surface area contributed by atoms with Crippen LogP contribution in [0.4, 0.5) is 11.5 Å². The Bertz CT molecular complexity index is 952. The number of hydrogen-bond donors (Lipinski definition) is 0. The van der Waals surface area contributed by atoms with Crippen LogP contribution in [-0.2, 0) is 4.79 Å². The van der Waals surface area contributed by atoms with Gasteiger partial charge < -0.3 is 9.80 Å². The molecule has 2 aromatic carbocycles. The molecular formula is C26H30N4O. The normalized spacial score (nSPS) is 14.4. The van der Waals surface area contributed by atoms with Crippen LogP contribution in [0.25, 0.3) is 11.3 Å². The number of unbranched alkanes of at least 4 members (excludes halogenated alkanes) is 1. The van der Waals surface area contributed by atoms with Gasteiger partial charge in [-0.2, -0.15) is 0 Å². The molecule has 1 aromatic heterocycles. The van der Waals surface area contributed by atoms with Crippen LogP contribution in [0.1, 0.15) is 32.6 Å². The van der Waals surface area contributed by atoms with Crippen LogP contribution in [0.15, 0.2) is 72.8 Å². The smallest absolute Gasteiger partial charge is 0.230 e. The standard InChI is InChI=1S/C26H30N4O/c1-2-3-18-30(23-12-8-5-9-13-23)26(31)22-16-19-29(20-17-22)25-15-14-24(27-28-25)21-10-6-4-7-11-21/h4-15,22H,2-3,16-20H2,1H3. The highest BCUT2D eigenvalue weighted by molar-refractivity contribution is 5.95. The average molecular weight is 415 g/mol. The van der Waals surface area contributed by atoms with Crippen molar-refractivity contribution in [3.63, 3.8) is 0 Å². The fraction of sp³-hybridized carbons (Fsp3) is 0.346. The SMILES string of the molecule is CCCCN(C(=O)C1CCN(c2ccc(-c3ccccc3)nn2)CC1)c1ccccc1. The van der Waals surface area contributed by atoms with E-state index in [1.54, 1.807) is 0 Å². The maximum Gasteiger partial charge on any atom is 0.230 e. The van der Waals surface area contributed by atoms with Crippen molar-refractivity contribution < 1.29 is 4.79 Å². The molecule has 1 aliphatic rings. The number of carbonyl (C=O) groups excluding carboxylic acids is 1. The van der Waals surface area contributed by atoms with Crippen molar-refractivity contribution >= 4 is 17.4 Å². The van der Waals surface area contributed by atoms with Gasteiger partial charge in [0.25, 0.3) is 0 Å². The highest BCUT2D eigenvalue weighted by atomic mass is 16.2. The molecule has 0 spiro atoms. The Labute approximate surface area is 184 Å². The van der Waals surface area contributed by atoms with Crippen LogP contribution in [-0.4, -0.2) is 35.7 Å². The molecule has 160 valence electrons. The van der Waals surface area contributed by atoms with E-state index >= 15 is 0 Å². The molecular weight excluding hydrogens is 384 g/mol. The minimum atomic E-state index is 0.0601. The lowest BCUT2D eigenvalue weighted by molar-refractivity contribution is -0.123. The number of anilines is 2. The van der Waals surface area contributed by atoms with Crippen LogP contribution < -0.4 is 9.80 Å². The molecule has 4 rings (SSSR count). The van der Waals surface area contributed by atoms with E-state index in [1.165, 1.54) is 0 Å². The summed E-state index contributed by atoms with van der Waals surface area (Å²) in [6.45, 7) is 4.60. The Morgan fingerprint density at radius 3 is 2.23 bits per heavy atom. The summed E-state index contributed by atoms with van der Waals surface area (Å²) in [7, 11) is 0. The number of benzene rings is 2. The number of hydrogen-bond acceptors (Lipinski definition) is 4. The second-order valence-electron chi connectivity index (χ2n) is 8.08. The first-order valence-corrected chi connectivity index (χ1v) is 11.3. The molecule has 0 radical (unpaired) electrons. The lowest BCUT2D eigenvalue weighted by atomic mass is 9.94. The van der Waals surface area contributed by atoms with Crippen molar-refractivity contribution in [1.29, 1.82) is 0 Å². The Morgan fingerprint density at radius 2 is 1.61 bits per heavy atom. The summed E-state index contributed by atoms with van der Waals surface area (Å²) in [4.78, 5) is 17.6. The molecule has 1 aliphatic heterocycles. The zero-order chi connectivity index (χ0) is 21.5. The topological polar surface area (TPSA) is 49.3 Å². The van der Waals surface area contributed by atoms with E-state index in [-0.39, 0.29) is 11.8 Å². The number of rotatable bonds is 7. The molecule has 5 heteroatoms. The van der Waals surface area contributed by atoms with E-state index in [9.17, 15) is 4.79 Å². The first-order valence-electron chi connectivity index (χ1n) is 11.3. The second kappa shape index (κ2) is 10.2. The van der Waals surface area contributed by atoms with Crippen LogP contribution in [0.2, 0.25) is 0 Å². The zero-order valence-electron chi connectivity index (χ0n) is 18.2. The van der Waals surface area contributed by atoms with E-state index in [0.717, 1.165) is 68.1 Å². The summed E-state index contributed by atoms with van der Waals surface area (Å²) in [5.74, 6) is 1.20. The molecule has 0 atom stereocenters.